The zero-order valence-electron chi connectivity index (χ0n) is 14.4. The molecule has 2 rings (SSSR count). The second-order valence-electron chi connectivity index (χ2n) is 5.88. The standard InChI is InChI=1S/C18H19ClN2O4/c1-10-7-11(2)12(3)17(8-10)25-13(4)18(22)20-16-9-14(21(23)24)5-6-15(16)19/h5-9,13H,1-4H3,(H,20,22). The van der Waals surface area contributed by atoms with Gasteiger partial charge in [-0.3, -0.25) is 14.9 Å². The number of nitrogens with one attached hydrogen (secondary N) is 1. The number of halogens is 1. The van der Waals surface area contributed by atoms with Crippen molar-refractivity contribution in [3.05, 3.63) is 62.2 Å². The number of non-ortho nitro benzene ring substituents is 1. The summed E-state index contributed by atoms with van der Waals surface area (Å²) in [5.74, 6) is 0.186. The fourth-order valence-electron chi connectivity index (χ4n) is 2.32. The molecule has 132 valence electrons. The predicted molar refractivity (Wildman–Crippen MR) is 97.5 cm³/mol. The van der Waals surface area contributed by atoms with E-state index in [1.807, 2.05) is 32.9 Å². The van der Waals surface area contributed by atoms with Crippen molar-refractivity contribution < 1.29 is 14.5 Å². The Morgan fingerprint density at radius 1 is 1.24 bits per heavy atom. The first-order valence-corrected chi connectivity index (χ1v) is 8.06. The van der Waals surface area contributed by atoms with Gasteiger partial charge in [0.05, 0.1) is 15.6 Å². The van der Waals surface area contributed by atoms with E-state index in [-0.39, 0.29) is 16.4 Å². The first-order chi connectivity index (χ1) is 11.7. The Labute approximate surface area is 150 Å². The second kappa shape index (κ2) is 7.53. The van der Waals surface area contributed by atoms with Crippen LogP contribution in [-0.2, 0) is 4.79 Å². The highest BCUT2D eigenvalue weighted by atomic mass is 35.5. The molecule has 2 aromatic carbocycles. The number of hydrogen-bond acceptors (Lipinski definition) is 4. The van der Waals surface area contributed by atoms with Crippen LogP contribution in [0.3, 0.4) is 0 Å². The molecule has 0 spiro atoms. The minimum absolute atomic E-state index is 0.154. The molecule has 0 radical (unpaired) electrons. The van der Waals surface area contributed by atoms with Crippen LogP contribution in [-0.4, -0.2) is 16.9 Å². The number of benzene rings is 2. The van der Waals surface area contributed by atoms with Gasteiger partial charge in [0.15, 0.2) is 6.10 Å². The Bertz CT molecular complexity index is 836. The third-order valence-corrected chi connectivity index (χ3v) is 4.19. The quantitative estimate of drug-likeness (QED) is 0.623. The maximum absolute atomic E-state index is 12.4. The maximum atomic E-state index is 12.4. The lowest BCUT2D eigenvalue weighted by Crippen LogP contribution is -2.30. The van der Waals surface area contributed by atoms with Crippen LogP contribution in [0.15, 0.2) is 30.3 Å². The summed E-state index contributed by atoms with van der Waals surface area (Å²) < 4.78 is 5.77. The van der Waals surface area contributed by atoms with Crippen LogP contribution in [0.5, 0.6) is 5.75 Å². The monoisotopic (exact) mass is 362 g/mol. The number of rotatable bonds is 5. The number of carbonyl (C=O) groups is 1. The number of hydrogen-bond donors (Lipinski definition) is 1. The van der Waals surface area contributed by atoms with Crippen LogP contribution >= 0.6 is 11.6 Å². The first-order valence-electron chi connectivity index (χ1n) is 7.68. The molecule has 0 saturated heterocycles. The van der Waals surface area contributed by atoms with Crippen molar-refractivity contribution in [3.8, 4) is 5.75 Å². The summed E-state index contributed by atoms with van der Waals surface area (Å²) in [6.07, 6.45) is -0.796. The van der Waals surface area contributed by atoms with Crippen molar-refractivity contribution in [2.75, 3.05) is 5.32 Å². The summed E-state index contributed by atoms with van der Waals surface area (Å²) in [7, 11) is 0. The van der Waals surface area contributed by atoms with Crippen molar-refractivity contribution in [2.24, 2.45) is 0 Å². The molecule has 6 nitrogen and oxygen atoms in total. The zero-order valence-corrected chi connectivity index (χ0v) is 15.2. The number of anilines is 1. The van der Waals surface area contributed by atoms with Gasteiger partial charge in [-0.1, -0.05) is 17.7 Å². The largest absolute Gasteiger partial charge is 0.481 e. The Morgan fingerprint density at radius 3 is 2.56 bits per heavy atom. The summed E-state index contributed by atoms with van der Waals surface area (Å²) in [6, 6.07) is 7.77. The Morgan fingerprint density at radius 2 is 1.92 bits per heavy atom. The maximum Gasteiger partial charge on any atom is 0.271 e. The third-order valence-electron chi connectivity index (χ3n) is 3.86. The molecule has 0 aromatic heterocycles. The van der Waals surface area contributed by atoms with E-state index in [2.05, 4.69) is 5.32 Å². The second-order valence-corrected chi connectivity index (χ2v) is 6.28. The lowest BCUT2D eigenvalue weighted by Gasteiger charge is -2.18. The van der Waals surface area contributed by atoms with E-state index < -0.39 is 16.9 Å². The van der Waals surface area contributed by atoms with Crippen molar-refractivity contribution in [2.45, 2.75) is 33.8 Å². The Balaban J connectivity index is 2.16. The van der Waals surface area contributed by atoms with Crippen molar-refractivity contribution >= 4 is 28.9 Å². The molecule has 0 bridgehead atoms. The molecule has 0 aliphatic heterocycles. The van der Waals surface area contributed by atoms with Crippen LogP contribution in [0.4, 0.5) is 11.4 Å². The van der Waals surface area contributed by atoms with Crippen LogP contribution in [0.1, 0.15) is 23.6 Å². The van der Waals surface area contributed by atoms with Crippen molar-refractivity contribution in [3.63, 3.8) is 0 Å². The average molecular weight is 363 g/mol. The van der Waals surface area contributed by atoms with E-state index in [0.29, 0.717) is 5.75 Å². The van der Waals surface area contributed by atoms with Gasteiger partial charge < -0.3 is 10.1 Å². The van der Waals surface area contributed by atoms with Crippen LogP contribution in [0, 0.1) is 30.9 Å². The minimum Gasteiger partial charge on any atom is -0.481 e. The molecule has 1 unspecified atom stereocenters. The summed E-state index contributed by atoms with van der Waals surface area (Å²) in [5, 5.41) is 13.6. The summed E-state index contributed by atoms with van der Waals surface area (Å²) in [5.41, 5.74) is 3.09. The van der Waals surface area contributed by atoms with E-state index in [1.165, 1.54) is 18.2 Å². The van der Waals surface area contributed by atoms with Gasteiger partial charge in [-0.15, -0.1) is 0 Å². The summed E-state index contributed by atoms with van der Waals surface area (Å²) in [4.78, 5) is 22.7. The van der Waals surface area contributed by atoms with Crippen molar-refractivity contribution in [1.29, 1.82) is 0 Å². The minimum atomic E-state index is -0.796. The lowest BCUT2D eigenvalue weighted by atomic mass is 10.1. The normalized spacial score (nSPS) is 11.7. The predicted octanol–water partition coefficient (Wildman–Crippen LogP) is 4.58. The van der Waals surface area contributed by atoms with Crippen LogP contribution < -0.4 is 10.1 Å². The zero-order chi connectivity index (χ0) is 18.7. The molecule has 0 aliphatic rings. The molecular weight excluding hydrogens is 344 g/mol. The Hall–Kier alpha value is -2.60. The molecule has 2 aromatic rings. The number of nitro benzene ring substituents is 1. The fourth-order valence-corrected chi connectivity index (χ4v) is 2.49. The van der Waals surface area contributed by atoms with Crippen LogP contribution in [0.2, 0.25) is 5.02 Å². The number of carbonyl (C=O) groups excluding carboxylic acids is 1. The fraction of sp³-hybridized carbons (Fsp3) is 0.278. The molecule has 25 heavy (non-hydrogen) atoms. The van der Waals surface area contributed by atoms with E-state index in [4.69, 9.17) is 16.3 Å². The van der Waals surface area contributed by atoms with Crippen molar-refractivity contribution in [1.82, 2.24) is 0 Å². The molecule has 0 fully saturated rings. The van der Waals surface area contributed by atoms with Gasteiger partial charge >= 0.3 is 0 Å². The number of amides is 1. The van der Waals surface area contributed by atoms with E-state index in [1.54, 1.807) is 6.92 Å². The van der Waals surface area contributed by atoms with Gasteiger partial charge in [-0.2, -0.15) is 0 Å². The summed E-state index contributed by atoms with van der Waals surface area (Å²) in [6.45, 7) is 7.46. The van der Waals surface area contributed by atoms with Gasteiger partial charge in [-0.05, 0) is 56.5 Å². The molecule has 0 saturated carbocycles. The van der Waals surface area contributed by atoms with Gasteiger partial charge in [0, 0.05) is 12.1 Å². The first kappa shape index (κ1) is 18.7. The third kappa shape index (κ3) is 4.48. The van der Waals surface area contributed by atoms with Gasteiger partial charge in [0.1, 0.15) is 5.75 Å². The highest BCUT2D eigenvalue weighted by Crippen LogP contribution is 2.28. The summed E-state index contributed by atoms with van der Waals surface area (Å²) >= 11 is 6.00. The smallest absolute Gasteiger partial charge is 0.271 e. The number of aryl methyl sites for hydroxylation is 2. The molecule has 0 aliphatic carbocycles. The van der Waals surface area contributed by atoms with Gasteiger partial charge in [-0.25, -0.2) is 0 Å². The molecular formula is C18H19ClN2O4. The van der Waals surface area contributed by atoms with Gasteiger partial charge in [0.2, 0.25) is 0 Å². The topological polar surface area (TPSA) is 81.5 Å². The lowest BCUT2D eigenvalue weighted by molar-refractivity contribution is -0.384. The molecule has 7 heteroatoms. The van der Waals surface area contributed by atoms with E-state index in [0.717, 1.165) is 16.7 Å². The van der Waals surface area contributed by atoms with E-state index in [9.17, 15) is 14.9 Å². The number of ether oxygens (including phenoxy) is 1. The molecule has 1 atom stereocenters. The average Bonchev–Trinajstić information content (AvgIpc) is 2.53. The molecule has 0 heterocycles. The van der Waals surface area contributed by atoms with Gasteiger partial charge in [0.25, 0.3) is 11.6 Å². The van der Waals surface area contributed by atoms with E-state index >= 15 is 0 Å². The number of nitro groups is 1. The number of nitrogens with zero attached hydrogens (tertiary/aromatic N) is 1. The SMILES string of the molecule is Cc1cc(C)c(C)c(OC(C)C(=O)Nc2cc([N+](=O)[O-])ccc2Cl)c1. The van der Waals surface area contributed by atoms with Crippen LogP contribution in [0.25, 0.3) is 0 Å². The highest BCUT2D eigenvalue weighted by Gasteiger charge is 2.19. The molecule has 1 amide bonds. The molecule has 1 N–H and O–H groups in total. The Kier molecular flexibility index (Phi) is 5.64. The highest BCUT2D eigenvalue weighted by molar-refractivity contribution is 6.33.